The van der Waals surface area contributed by atoms with Crippen LogP contribution in [0, 0.1) is 22.2 Å². The normalized spacial score (nSPS) is 22.5. The van der Waals surface area contributed by atoms with Gasteiger partial charge >= 0.3 is 0 Å². The molecule has 270 valence electrons. The average molecular weight is 720 g/mol. The van der Waals surface area contributed by atoms with Gasteiger partial charge in [-0.15, -0.1) is 0 Å². The molecule has 4 aliphatic rings. The summed E-state index contributed by atoms with van der Waals surface area (Å²) in [6.45, 7) is 6.85. The molecule has 12 heteroatoms. The Morgan fingerprint density at radius 3 is 2.08 bits per heavy atom. The minimum absolute atomic E-state index is 0.260. The summed E-state index contributed by atoms with van der Waals surface area (Å²) in [4.78, 5) is 41.3. The van der Waals surface area contributed by atoms with Crippen LogP contribution in [0.4, 0.5) is 11.4 Å². The van der Waals surface area contributed by atoms with Crippen LogP contribution in [-0.4, -0.2) is 67.4 Å². The standard InChI is InChI=1S/C40H46ClN9O2/c1-39-13-15-40(24-39,16-14-39)17-20-50-19-12-33-31(23-50)44-36(49(33)4)38(52)46-29-10-6-8-26(34(29)41)25-7-5-9-28(27(25)21-42)45-37(51)35-43-30-22-47(2)18-11-32(30)48(35)3/h5-10H,11-20,22-24H2,1-4H3,(H,45,51)(H,46,52). The number of halogens is 1. The Kier molecular flexibility index (Phi) is 8.76. The lowest BCUT2D eigenvalue weighted by molar-refractivity contribution is 0.100. The highest BCUT2D eigenvalue weighted by Crippen LogP contribution is 2.62. The summed E-state index contributed by atoms with van der Waals surface area (Å²) in [7, 11) is 5.79. The molecular formula is C40H46ClN9O2. The van der Waals surface area contributed by atoms with Crippen molar-refractivity contribution in [2.75, 3.05) is 37.3 Å². The van der Waals surface area contributed by atoms with E-state index in [4.69, 9.17) is 16.6 Å². The van der Waals surface area contributed by atoms with Crippen LogP contribution in [-0.2, 0) is 40.0 Å². The molecule has 2 aromatic carbocycles. The van der Waals surface area contributed by atoms with Gasteiger partial charge < -0.3 is 24.7 Å². The van der Waals surface area contributed by atoms with Crippen molar-refractivity contribution in [3.05, 3.63) is 81.4 Å². The molecule has 2 aliphatic carbocycles. The van der Waals surface area contributed by atoms with Crippen molar-refractivity contribution in [2.45, 2.75) is 71.4 Å². The predicted molar refractivity (Wildman–Crippen MR) is 201 cm³/mol. The predicted octanol–water partition coefficient (Wildman–Crippen LogP) is 6.56. The van der Waals surface area contributed by atoms with E-state index in [1.807, 2.05) is 30.3 Å². The fourth-order valence-electron chi connectivity index (χ4n) is 9.41. The van der Waals surface area contributed by atoms with E-state index >= 15 is 0 Å². The second-order valence-electron chi connectivity index (χ2n) is 15.9. The summed E-state index contributed by atoms with van der Waals surface area (Å²) in [5, 5.41) is 16.5. The summed E-state index contributed by atoms with van der Waals surface area (Å²) < 4.78 is 3.75. The van der Waals surface area contributed by atoms with Crippen molar-refractivity contribution in [2.24, 2.45) is 24.9 Å². The van der Waals surface area contributed by atoms with Gasteiger partial charge in [-0.25, -0.2) is 9.97 Å². The molecule has 8 rings (SSSR count). The Bertz CT molecular complexity index is 2130. The maximum atomic E-state index is 13.7. The number of rotatable bonds is 8. The Morgan fingerprint density at radius 2 is 1.44 bits per heavy atom. The fourth-order valence-corrected chi connectivity index (χ4v) is 9.68. The molecule has 0 unspecified atom stereocenters. The Labute approximate surface area is 310 Å². The van der Waals surface area contributed by atoms with Crippen molar-refractivity contribution in [1.29, 1.82) is 5.26 Å². The summed E-state index contributed by atoms with van der Waals surface area (Å²) in [5.41, 5.74) is 7.22. The van der Waals surface area contributed by atoms with Gasteiger partial charge in [-0.1, -0.05) is 42.8 Å². The highest BCUT2D eigenvalue weighted by molar-refractivity contribution is 6.36. The first-order valence-electron chi connectivity index (χ1n) is 18.4. The summed E-state index contributed by atoms with van der Waals surface area (Å²) in [6, 6.07) is 12.8. The quantitative estimate of drug-likeness (QED) is 0.212. The molecule has 2 aliphatic heterocycles. The zero-order valence-electron chi connectivity index (χ0n) is 30.5. The van der Waals surface area contributed by atoms with Crippen LogP contribution in [0.2, 0.25) is 5.02 Å². The maximum Gasteiger partial charge on any atom is 0.291 e. The van der Waals surface area contributed by atoms with Crippen molar-refractivity contribution in [3.8, 4) is 17.2 Å². The molecule has 2 N–H and O–H groups in total. The van der Waals surface area contributed by atoms with Gasteiger partial charge in [0.2, 0.25) is 0 Å². The number of imidazole rings is 2. The third-order valence-electron chi connectivity index (χ3n) is 12.4. The van der Waals surface area contributed by atoms with E-state index in [0.717, 1.165) is 61.8 Å². The van der Waals surface area contributed by atoms with Crippen LogP contribution >= 0.6 is 11.6 Å². The number of amides is 2. The van der Waals surface area contributed by atoms with Gasteiger partial charge in [0.25, 0.3) is 11.8 Å². The lowest BCUT2D eigenvalue weighted by Gasteiger charge is -2.32. The number of hydrogen-bond acceptors (Lipinski definition) is 7. The lowest BCUT2D eigenvalue weighted by Crippen LogP contribution is -2.34. The molecular weight excluding hydrogens is 674 g/mol. The van der Waals surface area contributed by atoms with Crippen molar-refractivity contribution in [3.63, 3.8) is 0 Å². The number of benzene rings is 2. The lowest BCUT2D eigenvalue weighted by atomic mass is 9.80. The number of hydrogen-bond donors (Lipinski definition) is 2. The van der Waals surface area contributed by atoms with Crippen molar-refractivity contribution >= 4 is 34.8 Å². The Balaban J connectivity index is 0.979. The third kappa shape index (κ3) is 6.10. The van der Waals surface area contributed by atoms with Gasteiger partial charge in [0.05, 0.1) is 33.3 Å². The van der Waals surface area contributed by atoms with E-state index in [0.29, 0.717) is 51.5 Å². The average Bonchev–Trinajstić information content (AvgIpc) is 3.86. The van der Waals surface area contributed by atoms with Gasteiger partial charge in [0, 0.05) is 75.6 Å². The SMILES string of the molecule is CN1CCc2c(nc(C(=O)Nc3cccc(-c4cccc(NC(=O)c5nc6c(n5C)CCN(CCC57CCC(C)(CC5)C7)C6)c4Cl)c3C#N)n2C)C1. The van der Waals surface area contributed by atoms with Crippen LogP contribution in [0.25, 0.3) is 11.1 Å². The molecule has 0 radical (unpaired) electrons. The number of nitrogens with one attached hydrogen (secondary N) is 2. The molecule has 0 spiro atoms. The van der Waals surface area contributed by atoms with E-state index in [9.17, 15) is 14.9 Å². The van der Waals surface area contributed by atoms with E-state index < -0.39 is 5.91 Å². The molecule has 52 heavy (non-hydrogen) atoms. The Morgan fingerprint density at radius 1 is 0.846 bits per heavy atom. The van der Waals surface area contributed by atoms with Gasteiger partial charge in [-0.2, -0.15) is 5.26 Å². The van der Waals surface area contributed by atoms with Crippen molar-refractivity contribution in [1.82, 2.24) is 28.9 Å². The van der Waals surface area contributed by atoms with Crippen LogP contribution in [0.15, 0.2) is 36.4 Å². The van der Waals surface area contributed by atoms with E-state index in [1.165, 1.54) is 38.5 Å². The number of aromatic nitrogens is 4. The molecule has 2 fully saturated rings. The van der Waals surface area contributed by atoms with Crippen LogP contribution in [0.1, 0.15) is 95.0 Å². The molecule has 4 heterocycles. The largest absolute Gasteiger partial charge is 0.327 e. The van der Waals surface area contributed by atoms with E-state index in [1.54, 1.807) is 36.4 Å². The maximum absolute atomic E-state index is 13.7. The monoisotopic (exact) mass is 719 g/mol. The van der Waals surface area contributed by atoms with Crippen LogP contribution in [0.5, 0.6) is 0 Å². The molecule has 2 aromatic heterocycles. The van der Waals surface area contributed by atoms with Crippen LogP contribution < -0.4 is 10.6 Å². The highest BCUT2D eigenvalue weighted by Gasteiger charge is 2.51. The minimum atomic E-state index is -0.393. The fraction of sp³-hybridized carbons (Fsp3) is 0.475. The summed E-state index contributed by atoms with van der Waals surface area (Å²) in [6.07, 6.45) is 9.78. The second-order valence-corrected chi connectivity index (χ2v) is 16.3. The smallest absolute Gasteiger partial charge is 0.291 e. The minimum Gasteiger partial charge on any atom is -0.327 e. The van der Waals surface area contributed by atoms with Crippen LogP contribution in [0.3, 0.4) is 0 Å². The number of anilines is 2. The number of likely N-dealkylation sites (N-methyl/N-ethyl adjacent to an activating group) is 1. The third-order valence-corrected chi connectivity index (χ3v) is 12.8. The molecule has 0 atom stereocenters. The van der Waals surface area contributed by atoms with Gasteiger partial charge in [-0.3, -0.25) is 14.5 Å². The van der Waals surface area contributed by atoms with E-state index in [2.05, 4.69) is 38.4 Å². The van der Waals surface area contributed by atoms with Crippen molar-refractivity contribution < 1.29 is 9.59 Å². The summed E-state index contributed by atoms with van der Waals surface area (Å²) >= 11 is 6.97. The Hall–Kier alpha value is -4.50. The van der Waals surface area contributed by atoms with Gasteiger partial charge in [-0.05, 0) is 75.1 Å². The number of fused-ring (bicyclic) bond motifs is 4. The number of carbonyl (C=O) groups excluding carboxylic acids is 2. The first kappa shape index (κ1) is 34.6. The first-order chi connectivity index (χ1) is 25.0. The highest BCUT2D eigenvalue weighted by atomic mass is 35.5. The number of nitrogens with zero attached hydrogens (tertiary/aromatic N) is 7. The zero-order chi connectivity index (χ0) is 36.4. The molecule has 2 bridgehead atoms. The molecule has 0 saturated heterocycles. The van der Waals surface area contributed by atoms with Gasteiger partial charge in [0.15, 0.2) is 11.6 Å². The molecule has 2 saturated carbocycles. The topological polar surface area (TPSA) is 124 Å². The van der Waals surface area contributed by atoms with Gasteiger partial charge in [0.1, 0.15) is 6.07 Å². The van der Waals surface area contributed by atoms with E-state index in [-0.39, 0.29) is 16.5 Å². The number of carbonyl (C=O) groups is 2. The molecule has 11 nitrogen and oxygen atoms in total. The second kappa shape index (κ2) is 13.2. The summed E-state index contributed by atoms with van der Waals surface area (Å²) in [5.74, 6) is -0.0930. The zero-order valence-corrected chi connectivity index (χ0v) is 31.2. The molecule has 2 amide bonds. The number of nitriles is 1. The first-order valence-corrected chi connectivity index (χ1v) is 18.8. The molecule has 4 aromatic rings.